The first-order valence-corrected chi connectivity index (χ1v) is 8.54. The molecule has 5 heteroatoms. The Bertz CT molecular complexity index is 634. The second kappa shape index (κ2) is 6.07. The lowest BCUT2D eigenvalue weighted by Gasteiger charge is -2.24. The Morgan fingerprint density at radius 3 is 2.40 bits per heavy atom. The summed E-state index contributed by atoms with van der Waals surface area (Å²) in [6, 6.07) is 3.29. The molecule has 0 fully saturated rings. The summed E-state index contributed by atoms with van der Waals surface area (Å²) >= 11 is 0. The normalized spacial score (nSPS) is 12.0. The molecule has 0 amide bonds. The van der Waals surface area contributed by atoms with E-state index in [4.69, 9.17) is 21.8 Å². The zero-order valence-corrected chi connectivity index (χ0v) is 13.7. The third-order valence-electron chi connectivity index (χ3n) is 2.85. The molecule has 0 aromatic heterocycles. The molecule has 0 saturated heterocycles. The summed E-state index contributed by atoms with van der Waals surface area (Å²) < 4.78 is 28.9. The molecule has 0 heterocycles. The first-order chi connectivity index (χ1) is 9.07. The Hall–Kier alpha value is -1.18. The topological polar surface area (TPSA) is 43.4 Å². The summed E-state index contributed by atoms with van der Waals surface area (Å²) in [4.78, 5) is 0.119. The van der Waals surface area contributed by atoms with Gasteiger partial charge in [0.1, 0.15) is 5.75 Å². The van der Waals surface area contributed by atoms with Crippen molar-refractivity contribution in [3.63, 3.8) is 0 Å². The number of hydrogen-bond acceptors (Lipinski definition) is 3. The maximum Gasteiger partial charge on any atom is 0.261 e. The number of rotatable bonds is 4. The van der Waals surface area contributed by atoms with Crippen LogP contribution in [0.4, 0.5) is 0 Å². The van der Waals surface area contributed by atoms with E-state index >= 15 is 0 Å². The van der Waals surface area contributed by atoms with Gasteiger partial charge in [0.15, 0.2) is 0 Å². The van der Waals surface area contributed by atoms with E-state index in [1.54, 1.807) is 19.1 Å². The van der Waals surface area contributed by atoms with Crippen LogP contribution in [-0.2, 0) is 14.5 Å². The number of benzene rings is 1. The SMILES string of the molecule is C#CCCOc1cc(C)c(S(=O)(=O)Cl)cc1C(C)(C)C. The zero-order chi connectivity index (χ0) is 15.6. The first kappa shape index (κ1) is 16.9. The molecule has 0 spiro atoms. The van der Waals surface area contributed by atoms with Gasteiger partial charge < -0.3 is 4.74 Å². The molecule has 0 unspecified atom stereocenters. The van der Waals surface area contributed by atoms with Crippen molar-refractivity contribution in [3.8, 4) is 18.1 Å². The maximum atomic E-state index is 11.6. The molecule has 0 aliphatic heterocycles. The van der Waals surface area contributed by atoms with E-state index < -0.39 is 9.05 Å². The molecule has 3 nitrogen and oxygen atoms in total. The smallest absolute Gasteiger partial charge is 0.261 e. The van der Waals surface area contributed by atoms with Crippen LogP contribution in [0.5, 0.6) is 5.75 Å². The van der Waals surface area contributed by atoms with Crippen LogP contribution in [-0.4, -0.2) is 15.0 Å². The fourth-order valence-electron chi connectivity index (χ4n) is 1.85. The van der Waals surface area contributed by atoms with Gasteiger partial charge in [0, 0.05) is 22.7 Å². The molecule has 20 heavy (non-hydrogen) atoms. The highest BCUT2D eigenvalue weighted by Crippen LogP contribution is 2.36. The first-order valence-electron chi connectivity index (χ1n) is 6.23. The monoisotopic (exact) mass is 314 g/mol. The van der Waals surface area contributed by atoms with E-state index in [2.05, 4.69) is 5.92 Å². The van der Waals surface area contributed by atoms with Gasteiger partial charge >= 0.3 is 0 Å². The highest BCUT2D eigenvalue weighted by atomic mass is 35.7. The summed E-state index contributed by atoms with van der Waals surface area (Å²) in [5.74, 6) is 3.15. The predicted octanol–water partition coefficient (Wildman–Crippen LogP) is 3.62. The quantitative estimate of drug-likeness (QED) is 0.484. The lowest BCUT2D eigenvalue weighted by molar-refractivity contribution is 0.317. The lowest BCUT2D eigenvalue weighted by Crippen LogP contribution is -2.15. The Kier molecular flexibility index (Phi) is 5.12. The van der Waals surface area contributed by atoms with Gasteiger partial charge in [-0.25, -0.2) is 8.42 Å². The molecule has 0 saturated carbocycles. The number of aryl methyl sites for hydroxylation is 1. The van der Waals surface area contributed by atoms with Crippen molar-refractivity contribution in [2.75, 3.05) is 6.61 Å². The Labute approximate surface area is 125 Å². The van der Waals surface area contributed by atoms with Gasteiger partial charge in [-0.3, -0.25) is 0 Å². The Balaban J connectivity index is 3.39. The van der Waals surface area contributed by atoms with Crippen LogP contribution in [0.15, 0.2) is 17.0 Å². The molecule has 1 rings (SSSR count). The molecule has 0 atom stereocenters. The number of terminal acetylenes is 1. The van der Waals surface area contributed by atoms with Crippen LogP contribution < -0.4 is 4.74 Å². The molecule has 0 aliphatic carbocycles. The molecule has 0 bridgehead atoms. The molecule has 0 aliphatic rings. The third kappa shape index (κ3) is 4.16. The minimum Gasteiger partial charge on any atom is -0.492 e. The maximum absolute atomic E-state index is 11.6. The van der Waals surface area contributed by atoms with Crippen molar-refractivity contribution in [2.45, 2.75) is 44.4 Å². The average molecular weight is 315 g/mol. The molecular weight excluding hydrogens is 296 g/mol. The lowest BCUT2D eigenvalue weighted by atomic mass is 9.86. The zero-order valence-electron chi connectivity index (χ0n) is 12.2. The molecule has 0 N–H and O–H groups in total. The number of ether oxygens (including phenoxy) is 1. The summed E-state index contributed by atoms with van der Waals surface area (Å²) in [7, 11) is 1.70. The van der Waals surface area contributed by atoms with Crippen molar-refractivity contribution in [2.24, 2.45) is 0 Å². The standard InChI is InChI=1S/C15H19ClO3S/c1-6-7-8-19-13-9-11(2)14(20(16,17)18)10-12(13)15(3,4)5/h1,9-10H,7-8H2,2-5H3. The number of halogens is 1. The number of hydrogen-bond donors (Lipinski definition) is 0. The van der Waals surface area contributed by atoms with Crippen LogP contribution in [0.25, 0.3) is 0 Å². The van der Waals surface area contributed by atoms with E-state index in [-0.39, 0.29) is 10.3 Å². The molecule has 1 aromatic carbocycles. The molecular formula is C15H19ClO3S. The van der Waals surface area contributed by atoms with Crippen LogP contribution in [0.2, 0.25) is 0 Å². The minimum atomic E-state index is -3.77. The van der Waals surface area contributed by atoms with Crippen molar-refractivity contribution in [1.82, 2.24) is 0 Å². The van der Waals surface area contributed by atoms with Gasteiger partial charge in [0.05, 0.1) is 11.5 Å². The minimum absolute atomic E-state index is 0.119. The van der Waals surface area contributed by atoms with E-state index in [0.29, 0.717) is 24.3 Å². The van der Waals surface area contributed by atoms with Gasteiger partial charge in [0.2, 0.25) is 0 Å². The van der Waals surface area contributed by atoms with Crippen molar-refractivity contribution in [1.29, 1.82) is 0 Å². The average Bonchev–Trinajstić information content (AvgIpc) is 2.25. The van der Waals surface area contributed by atoms with Crippen LogP contribution in [0, 0.1) is 19.3 Å². The van der Waals surface area contributed by atoms with Gasteiger partial charge in [0.25, 0.3) is 9.05 Å². The fourth-order valence-corrected chi connectivity index (χ4v) is 3.05. The van der Waals surface area contributed by atoms with Crippen molar-refractivity contribution >= 4 is 19.7 Å². The molecule has 110 valence electrons. The van der Waals surface area contributed by atoms with Crippen molar-refractivity contribution < 1.29 is 13.2 Å². The third-order valence-corrected chi connectivity index (χ3v) is 4.32. The predicted molar refractivity (Wildman–Crippen MR) is 81.9 cm³/mol. The fraction of sp³-hybridized carbons (Fsp3) is 0.467. The molecule has 0 radical (unpaired) electrons. The van der Waals surface area contributed by atoms with E-state index in [9.17, 15) is 8.42 Å². The summed E-state index contributed by atoms with van der Waals surface area (Å²) in [5, 5.41) is 0. The van der Waals surface area contributed by atoms with Gasteiger partial charge in [-0.2, -0.15) is 0 Å². The van der Waals surface area contributed by atoms with Gasteiger partial charge in [-0.05, 0) is 30.0 Å². The molecule has 1 aromatic rings. The largest absolute Gasteiger partial charge is 0.492 e. The summed E-state index contributed by atoms with van der Waals surface area (Å²) in [6.45, 7) is 8.03. The van der Waals surface area contributed by atoms with E-state index in [1.807, 2.05) is 20.8 Å². The van der Waals surface area contributed by atoms with Crippen LogP contribution in [0.1, 0.15) is 38.3 Å². The summed E-state index contributed by atoms with van der Waals surface area (Å²) in [5.41, 5.74) is 1.08. The highest BCUT2D eigenvalue weighted by Gasteiger charge is 2.24. The Morgan fingerprint density at radius 1 is 1.35 bits per heavy atom. The van der Waals surface area contributed by atoms with Crippen LogP contribution in [0.3, 0.4) is 0 Å². The van der Waals surface area contributed by atoms with E-state index in [1.165, 1.54) is 0 Å². The van der Waals surface area contributed by atoms with Crippen LogP contribution >= 0.6 is 10.7 Å². The second-order valence-corrected chi connectivity index (χ2v) is 8.14. The highest BCUT2D eigenvalue weighted by molar-refractivity contribution is 8.13. The van der Waals surface area contributed by atoms with Gasteiger partial charge in [-0.15, -0.1) is 12.3 Å². The second-order valence-electron chi connectivity index (χ2n) is 5.60. The van der Waals surface area contributed by atoms with Gasteiger partial charge in [-0.1, -0.05) is 20.8 Å². The Morgan fingerprint density at radius 2 is 1.95 bits per heavy atom. The van der Waals surface area contributed by atoms with E-state index in [0.717, 1.165) is 5.56 Å². The summed E-state index contributed by atoms with van der Waals surface area (Å²) in [6.07, 6.45) is 5.70. The van der Waals surface area contributed by atoms with Crippen molar-refractivity contribution in [3.05, 3.63) is 23.3 Å².